The third-order valence-corrected chi connectivity index (χ3v) is 3.63. The summed E-state index contributed by atoms with van der Waals surface area (Å²) in [7, 11) is 0. The molecule has 1 saturated heterocycles. The van der Waals surface area contributed by atoms with Gasteiger partial charge in [0.15, 0.2) is 0 Å². The normalized spacial score (nSPS) is 18.0. The van der Waals surface area contributed by atoms with Crippen LogP contribution in [-0.4, -0.2) is 35.0 Å². The van der Waals surface area contributed by atoms with Crippen LogP contribution in [0.4, 0.5) is 0 Å². The zero-order valence-electron chi connectivity index (χ0n) is 12.2. The minimum absolute atomic E-state index is 0.0920. The maximum absolute atomic E-state index is 11.8. The Morgan fingerprint density at radius 1 is 1.38 bits per heavy atom. The monoisotopic (exact) mass is 291 g/mol. The molecule has 0 unspecified atom stereocenters. The number of nitrogens with zero attached hydrogens (tertiary/aromatic N) is 1. The topological polar surface area (TPSA) is 66.8 Å². The number of amides is 1. The highest BCUT2D eigenvalue weighted by Crippen LogP contribution is 2.21. The number of hydrogen-bond donors (Lipinski definition) is 1. The molecule has 5 heteroatoms. The molecule has 1 N–H and O–H groups in total. The largest absolute Gasteiger partial charge is 0.494 e. The Labute approximate surface area is 124 Å². The van der Waals surface area contributed by atoms with Crippen molar-refractivity contribution in [3.8, 4) is 5.75 Å². The molecule has 1 aliphatic heterocycles. The van der Waals surface area contributed by atoms with Crippen LogP contribution in [0.3, 0.4) is 0 Å². The van der Waals surface area contributed by atoms with Crippen LogP contribution in [0.2, 0.25) is 0 Å². The average Bonchev–Trinajstić information content (AvgIpc) is 2.83. The number of carboxylic acids is 1. The number of unbranched alkanes of at least 4 members (excludes halogenated alkanes) is 1. The summed E-state index contributed by atoms with van der Waals surface area (Å²) in [5, 5.41) is 8.96. The van der Waals surface area contributed by atoms with E-state index in [1.165, 1.54) is 0 Å². The zero-order valence-corrected chi connectivity index (χ0v) is 12.2. The fraction of sp³-hybridized carbons (Fsp3) is 0.500. The molecule has 0 aromatic heterocycles. The van der Waals surface area contributed by atoms with E-state index < -0.39 is 11.9 Å². The van der Waals surface area contributed by atoms with Gasteiger partial charge >= 0.3 is 5.97 Å². The highest BCUT2D eigenvalue weighted by molar-refractivity contribution is 5.86. The summed E-state index contributed by atoms with van der Waals surface area (Å²) in [5.74, 6) is -0.742. The molecule has 0 aliphatic carbocycles. The van der Waals surface area contributed by atoms with Crippen molar-refractivity contribution in [2.45, 2.75) is 32.7 Å². The molecule has 5 nitrogen and oxygen atoms in total. The molecular weight excluding hydrogens is 270 g/mol. The van der Waals surface area contributed by atoms with Crippen molar-refractivity contribution in [2.75, 3.05) is 13.2 Å². The molecule has 1 heterocycles. The van der Waals surface area contributed by atoms with Crippen LogP contribution in [0.15, 0.2) is 24.3 Å². The predicted molar refractivity (Wildman–Crippen MR) is 78.0 cm³/mol. The fourth-order valence-electron chi connectivity index (χ4n) is 2.34. The predicted octanol–water partition coefficient (Wildman–Crippen LogP) is 2.30. The molecule has 2 rings (SSSR count). The number of carbonyl (C=O) groups excluding carboxylic acids is 1. The first kappa shape index (κ1) is 15.4. The summed E-state index contributed by atoms with van der Waals surface area (Å²) in [4.78, 5) is 24.3. The van der Waals surface area contributed by atoms with Crippen LogP contribution >= 0.6 is 0 Å². The zero-order chi connectivity index (χ0) is 15.2. The molecule has 1 aromatic rings. The molecule has 1 aliphatic rings. The van der Waals surface area contributed by atoms with Crippen LogP contribution in [0.5, 0.6) is 5.75 Å². The molecule has 1 atom stereocenters. The lowest BCUT2D eigenvalue weighted by molar-refractivity contribution is -0.141. The summed E-state index contributed by atoms with van der Waals surface area (Å²) >= 11 is 0. The Morgan fingerprint density at radius 3 is 2.67 bits per heavy atom. The van der Waals surface area contributed by atoms with Gasteiger partial charge in [0.05, 0.1) is 12.5 Å². The van der Waals surface area contributed by atoms with Gasteiger partial charge in [-0.3, -0.25) is 9.59 Å². The summed E-state index contributed by atoms with van der Waals surface area (Å²) in [5.41, 5.74) is 0.984. The quantitative estimate of drug-likeness (QED) is 0.783. The second-order valence-electron chi connectivity index (χ2n) is 5.36. The lowest BCUT2D eigenvalue weighted by atomic mass is 10.1. The van der Waals surface area contributed by atoms with Crippen molar-refractivity contribution in [3.05, 3.63) is 29.8 Å². The maximum atomic E-state index is 11.8. The number of hydrogen-bond acceptors (Lipinski definition) is 3. The van der Waals surface area contributed by atoms with E-state index in [9.17, 15) is 9.59 Å². The molecule has 21 heavy (non-hydrogen) atoms. The van der Waals surface area contributed by atoms with Crippen LogP contribution in [0.25, 0.3) is 0 Å². The number of aliphatic carboxylic acids is 1. The first-order valence-electron chi connectivity index (χ1n) is 7.32. The highest BCUT2D eigenvalue weighted by atomic mass is 16.5. The van der Waals surface area contributed by atoms with E-state index in [0.29, 0.717) is 19.7 Å². The number of rotatable bonds is 7. The van der Waals surface area contributed by atoms with E-state index in [0.717, 1.165) is 24.2 Å². The summed E-state index contributed by atoms with van der Waals surface area (Å²) < 4.78 is 5.58. The van der Waals surface area contributed by atoms with Crippen molar-refractivity contribution in [2.24, 2.45) is 5.92 Å². The van der Waals surface area contributed by atoms with Crippen molar-refractivity contribution in [1.29, 1.82) is 0 Å². The van der Waals surface area contributed by atoms with Crippen molar-refractivity contribution < 1.29 is 19.4 Å². The number of carboxylic acid groups (broad SMARTS) is 1. The van der Waals surface area contributed by atoms with Gasteiger partial charge in [-0.25, -0.2) is 0 Å². The van der Waals surface area contributed by atoms with Crippen LogP contribution in [-0.2, 0) is 16.1 Å². The summed E-state index contributed by atoms with van der Waals surface area (Å²) in [6, 6.07) is 7.62. The summed E-state index contributed by atoms with van der Waals surface area (Å²) in [6.45, 7) is 3.57. The Balaban J connectivity index is 1.88. The van der Waals surface area contributed by atoms with E-state index in [1.54, 1.807) is 4.90 Å². The number of likely N-dealkylation sites (tertiary alicyclic amines) is 1. The van der Waals surface area contributed by atoms with Gasteiger partial charge in [0.25, 0.3) is 0 Å². The van der Waals surface area contributed by atoms with E-state index >= 15 is 0 Å². The van der Waals surface area contributed by atoms with Crippen molar-refractivity contribution in [3.63, 3.8) is 0 Å². The molecule has 0 bridgehead atoms. The Kier molecular flexibility index (Phi) is 5.20. The third-order valence-electron chi connectivity index (χ3n) is 3.63. The minimum atomic E-state index is -0.898. The fourth-order valence-corrected chi connectivity index (χ4v) is 2.34. The van der Waals surface area contributed by atoms with Crippen molar-refractivity contribution in [1.82, 2.24) is 4.90 Å². The first-order valence-corrected chi connectivity index (χ1v) is 7.32. The van der Waals surface area contributed by atoms with Crippen LogP contribution in [0, 0.1) is 5.92 Å². The van der Waals surface area contributed by atoms with E-state index in [2.05, 4.69) is 6.92 Å². The van der Waals surface area contributed by atoms with Gasteiger partial charge in [0, 0.05) is 19.5 Å². The number of benzene rings is 1. The Hall–Kier alpha value is -2.04. The molecule has 1 aromatic carbocycles. The lowest BCUT2D eigenvalue weighted by Gasteiger charge is -2.16. The highest BCUT2D eigenvalue weighted by Gasteiger charge is 2.33. The second-order valence-corrected chi connectivity index (χ2v) is 5.36. The molecule has 0 spiro atoms. The first-order chi connectivity index (χ1) is 10.1. The van der Waals surface area contributed by atoms with Gasteiger partial charge in [-0.15, -0.1) is 0 Å². The third kappa shape index (κ3) is 4.21. The van der Waals surface area contributed by atoms with Crippen molar-refractivity contribution >= 4 is 11.9 Å². The minimum Gasteiger partial charge on any atom is -0.494 e. The average molecular weight is 291 g/mol. The van der Waals surface area contributed by atoms with E-state index in [4.69, 9.17) is 9.84 Å². The molecule has 1 fully saturated rings. The molecular formula is C16H21NO4. The van der Waals surface area contributed by atoms with Gasteiger partial charge in [0.1, 0.15) is 5.75 Å². The van der Waals surface area contributed by atoms with Crippen LogP contribution < -0.4 is 4.74 Å². The van der Waals surface area contributed by atoms with Crippen LogP contribution in [0.1, 0.15) is 31.7 Å². The van der Waals surface area contributed by atoms with Gasteiger partial charge in [-0.2, -0.15) is 0 Å². The SMILES string of the molecule is CCCCOc1ccc(CN2C[C@H](C(=O)O)CC2=O)cc1. The molecule has 1 amide bonds. The Bertz CT molecular complexity index is 498. The number of carbonyl (C=O) groups is 2. The molecule has 0 radical (unpaired) electrons. The van der Waals surface area contributed by atoms with E-state index in [-0.39, 0.29) is 12.3 Å². The smallest absolute Gasteiger partial charge is 0.308 e. The maximum Gasteiger partial charge on any atom is 0.308 e. The molecule has 0 saturated carbocycles. The lowest BCUT2D eigenvalue weighted by Crippen LogP contribution is -2.25. The molecule has 114 valence electrons. The van der Waals surface area contributed by atoms with Gasteiger partial charge in [-0.05, 0) is 24.1 Å². The van der Waals surface area contributed by atoms with Gasteiger partial charge in [-0.1, -0.05) is 25.5 Å². The number of ether oxygens (including phenoxy) is 1. The van der Waals surface area contributed by atoms with Gasteiger partial charge < -0.3 is 14.7 Å². The second kappa shape index (κ2) is 7.11. The Morgan fingerprint density at radius 2 is 2.10 bits per heavy atom. The van der Waals surface area contributed by atoms with E-state index in [1.807, 2.05) is 24.3 Å². The van der Waals surface area contributed by atoms with Gasteiger partial charge in [0.2, 0.25) is 5.91 Å². The summed E-state index contributed by atoms with van der Waals surface area (Å²) in [6.07, 6.45) is 2.23. The standard InChI is InChI=1S/C16H21NO4/c1-2-3-8-21-14-6-4-12(5-7-14)10-17-11-13(16(19)20)9-15(17)18/h4-7,13H,2-3,8-11H2,1H3,(H,19,20)/t13-/m1/s1.